The van der Waals surface area contributed by atoms with Crippen molar-refractivity contribution >= 4 is 40.1 Å². The highest BCUT2D eigenvalue weighted by atomic mass is 35.5. The zero-order valence-electron chi connectivity index (χ0n) is 14.9. The molecular formula is C23H17Cl2NO2. The van der Waals surface area contributed by atoms with Crippen molar-refractivity contribution in [3.05, 3.63) is 93.6 Å². The Morgan fingerprint density at radius 1 is 0.964 bits per heavy atom. The van der Waals surface area contributed by atoms with Crippen molar-refractivity contribution in [2.24, 2.45) is 0 Å². The molecule has 140 valence electrons. The molecule has 0 spiro atoms. The molecule has 3 aromatic carbocycles. The van der Waals surface area contributed by atoms with E-state index in [9.17, 15) is 9.90 Å². The van der Waals surface area contributed by atoms with Gasteiger partial charge in [0, 0.05) is 28.6 Å². The van der Waals surface area contributed by atoms with Gasteiger partial charge in [-0.15, -0.1) is 0 Å². The van der Waals surface area contributed by atoms with Crippen LogP contribution in [0.25, 0.3) is 22.0 Å². The first-order valence-corrected chi connectivity index (χ1v) is 9.62. The normalized spacial score (nSPS) is 11.1. The van der Waals surface area contributed by atoms with Crippen molar-refractivity contribution in [3.8, 4) is 11.1 Å². The van der Waals surface area contributed by atoms with E-state index in [1.54, 1.807) is 6.07 Å². The molecule has 0 radical (unpaired) electrons. The van der Waals surface area contributed by atoms with Crippen LogP contribution in [0.3, 0.4) is 0 Å². The molecule has 0 aliphatic rings. The molecule has 3 nitrogen and oxygen atoms in total. The predicted octanol–water partition coefficient (Wildman–Crippen LogP) is 6.36. The number of H-pyrrole nitrogens is 1. The summed E-state index contributed by atoms with van der Waals surface area (Å²) in [5, 5.41) is 11.3. The Hall–Kier alpha value is -2.75. The van der Waals surface area contributed by atoms with Crippen LogP contribution in [0.5, 0.6) is 0 Å². The van der Waals surface area contributed by atoms with Gasteiger partial charge in [0.1, 0.15) is 0 Å². The monoisotopic (exact) mass is 409 g/mol. The third-order valence-corrected chi connectivity index (χ3v) is 5.62. The van der Waals surface area contributed by atoms with E-state index >= 15 is 0 Å². The maximum atomic E-state index is 11.4. The molecule has 0 saturated carbocycles. The van der Waals surface area contributed by atoms with Gasteiger partial charge in [-0.2, -0.15) is 0 Å². The van der Waals surface area contributed by atoms with Gasteiger partial charge in [-0.25, -0.2) is 0 Å². The highest BCUT2D eigenvalue weighted by molar-refractivity contribution is 6.43. The van der Waals surface area contributed by atoms with Crippen molar-refractivity contribution in [3.63, 3.8) is 0 Å². The van der Waals surface area contributed by atoms with Crippen LogP contribution in [0.1, 0.15) is 16.8 Å². The second-order valence-corrected chi connectivity index (χ2v) is 7.46. The molecule has 0 saturated heterocycles. The minimum absolute atomic E-state index is 0.0147. The number of aliphatic carboxylic acids is 1. The summed E-state index contributed by atoms with van der Waals surface area (Å²) >= 11 is 12.5. The molecule has 1 aromatic heterocycles. The zero-order valence-corrected chi connectivity index (χ0v) is 16.4. The SMILES string of the molecule is O=C(O)Cc1c(Cc2cccc(-c3cccc(Cl)c3Cl)c2)[nH]c2ccccc12. The molecule has 0 aliphatic carbocycles. The number of fused-ring (bicyclic) bond motifs is 1. The van der Waals surface area contributed by atoms with Gasteiger partial charge in [0.15, 0.2) is 0 Å². The van der Waals surface area contributed by atoms with Crippen molar-refractivity contribution < 1.29 is 9.90 Å². The van der Waals surface area contributed by atoms with Gasteiger partial charge in [-0.1, -0.05) is 77.8 Å². The number of hydrogen-bond donors (Lipinski definition) is 2. The fourth-order valence-corrected chi connectivity index (χ4v) is 3.95. The molecular weight excluding hydrogens is 393 g/mol. The second-order valence-electron chi connectivity index (χ2n) is 6.68. The molecule has 0 unspecified atom stereocenters. The number of rotatable bonds is 5. The topological polar surface area (TPSA) is 53.1 Å². The van der Waals surface area contributed by atoms with Crippen molar-refractivity contribution in [1.82, 2.24) is 4.98 Å². The smallest absolute Gasteiger partial charge is 0.307 e. The molecule has 0 amide bonds. The summed E-state index contributed by atoms with van der Waals surface area (Å²) < 4.78 is 0. The number of para-hydroxylation sites is 1. The highest BCUT2D eigenvalue weighted by Gasteiger charge is 2.15. The van der Waals surface area contributed by atoms with Crippen molar-refractivity contribution in [1.29, 1.82) is 0 Å². The van der Waals surface area contributed by atoms with Gasteiger partial charge in [0.2, 0.25) is 0 Å². The number of carboxylic acid groups (broad SMARTS) is 1. The number of aromatic nitrogens is 1. The second kappa shape index (κ2) is 7.70. The summed E-state index contributed by atoms with van der Waals surface area (Å²) in [5.41, 5.74) is 5.60. The van der Waals surface area contributed by atoms with Crippen molar-refractivity contribution in [2.75, 3.05) is 0 Å². The van der Waals surface area contributed by atoms with Crippen LogP contribution < -0.4 is 0 Å². The minimum Gasteiger partial charge on any atom is -0.481 e. The summed E-state index contributed by atoms with van der Waals surface area (Å²) in [6, 6.07) is 21.4. The lowest BCUT2D eigenvalue weighted by Gasteiger charge is -2.09. The van der Waals surface area contributed by atoms with E-state index < -0.39 is 5.97 Å². The lowest BCUT2D eigenvalue weighted by atomic mass is 9.98. The molecule has 28 heavy (non-hydrogen) atoms. The van der Waals surface area contributed by atoms with E-state index in [0.717, 1.165) is 38.9 Å². The Balaban J connectivity index is 1.74. The van der Waals surface area contributed by atoms with Crippen LogP contribution in [-0.2, 0) is 17.6 Å². The van der Waals surface area contributed by atoms with Crippen LogP contribution in [0.4, 0.5) is 0 Å². The number of carboxylic acids is 1. The van der Waals surface area contributed by atoms with Crippen LogP contribution in [0.2, 0.25) is 10.0 Å². The van der Waals surface area contributed by atoms with Crippen LogP contribution in [0, 0.1) is 0 Å². The Bertz CT molecular complexity index is 1180. The summed E-state index contributed by atoms with van der Waals surface area (Å²) in [7, 11) is 0. The molecule has 0 bridgehead atoms. The maximum absolute atomic E-state index is 11.4. The molecule has 0 atom stereocenters. The third-order valence-electron chi connectivity index (χ3n) is 4.80. The van der Waals surface area contributed by atoms with Crippen LogP contribution in [-0.4, -0.2) is 16.1 Å². The van der Waals surface area contributed by atoms with Crippen LogP contribution in [0.15, 0.2) is 66.7 Å². The first-order chi connectivity index (χ1) is 13.5. The van der Waals surface area contributed by atoms with Gasteiger partial charge in [0.25, 0.3) is 0 Å². The fraction of sp³-hybridized carbons (Fsp3) is 0.0870. The van der Waals surface area contributed by atoms with E-state index in [-0.39, 0.29) is 6.42 Å². The summed E-state index contributed by atoms with van der Waals surface area (Å²) in [6.07, 6.45) is 0.586. The van der Waals surface area contributed by atoms with E-state index in [1.165, 1.54) is 0 Å². The van der Waals surface area contributed by atoms with Gasteiger partial charge < -0.3 is 10.1 Å². The summed E-state index contributed by atoms with van der Waals surface area (Å²) in [5.74, 6) is -0.842. The quantitative estimate of drug-likeness (QED) is 0.402. The molecule has 0 aliphatic heterocycles. The minimum atomic E-state index is -0.842. The zero-order chi connectivity index (χ0) is 19.7. The van der Waals surface area contributed by atoms with Gasteiger partial charge >= 0.3 is 5.97 Å². The van der Waals surface area contributed by atoms with Gasteiger partial charge in [-0.05, 0) is 28.8 Å². The largest absolute Gasteiger partial charge is 0.481 e. The highest BCUT2D eigenvalue weighted by Crippen LogP contribution is 2.34. The molecule has 2 N–H and O–H groups in total. The molecule has 1 heterocycles. The van der Waals surface area contributed by atoms with Gasteiger partial charge in [-0.3, -0.25) is 4.79 Å². The molecule has 4 rings (SSSR count). The fourth-order valence-electron chi connectivity index (χ4n) is 3.54. The van der Waals surface area contributed by atoms with E-state index in [0.29, 0.717) is 16.5 Å². The average molecular weight is 410 g/mol. The predicted molar refractivity (Wildman–Crippen MR) is 114 cm³/mol. The Labute approximate surface area is 172 Å². The van der Waals surface area contributed by atoms with Crippen LogP contribution >= 0.6 is 23.2 Å². The number of hydrogen-bond acceptors (Lipinski definition) is 1. The number of aromatic amines is 1. The number of benzene rings is 3. The standard InChI is InChI=1S/C23H17Cl2NO2/c24-19-9-4-8-16(23(19)25)15-6-3-5-14(11-15)12-21-18(13-22(27)28)17-7-1-2-10-20(17)26-21/h1-11,26H,12-13H2,(H,27,28). The van der Waals surface area contributed by atoms with E-state index in [2.05, 4.69) is 11.1 Å². The maximum Gasteiger partial charge on any atom is 0.307 e. The molecule has 0 fully saturated rings. The van der Waals surface area contributed by atoms with Crippen molar-refractivity contribution in [2.45, 2.75) is 12.8 Å². The lowest BCUT2D eigenvalue weighted by Crippen LogP contribution is -2.03. The first-order valence-electron chi connectivity index (χ1n) is 8.86. The van der Waals surface area contributed by atoms with E-state index in [4.69, 9.17) is 23.2 Å². The third kappa shape index (κ3) is 3.64. The first kappa shape index (κ1) is 18.6. The van der Waals surface area contributed by atoms with Gasteiger partial charge in [0.05, 0.1) is 16.5 Å². The molecule has 5 heteroatoms. The number of nitrogens with one attached hydrogen (secondary N) is 1. The summed E-state index contributed by atoms with van der Waals surface area (Å²) in [4.78, 5) is 14.8. The number of carbonyl (C=O) groups is 1. The molecule has 4 aromatic rings. The Morgan fingerprint density at radius 2 is 1.75 bits per heavy atom. The summed E-state index contributed by atoms with van der Waals surface area (Å²) in [6.45, 7) is 0. The average Bonchev–Trinajstić information content (AvgIpc) is 3.01. The Kier molecular flexibility index (Phi) is 5.12. The van der Waals surface area contributed by atoms with E-state index in [1.807, 2.05) is 54.6 Å². The Morgan fingerprint density at radius 3 is 2.57 bits per heavy atom. The lowest BCUT2D eigenvalue weighted by molar-refractivity contribution is -0.136. The number of halogens is 2.